The number of hydrogen-bond donors (Lipinski definition) is 0. The Morgan fingerprint density at radius 3 is 2.38 bits per heavy atom. The zero-order chi connectivity index (χ0) is 17.4. The van der Waals surface area contributed by atoms with Crippen molar-refractivity contribution in [1.82, 2.24) is 14.9 Å². The van der Waals surface area contributed by atoms with Crippen LogP contribution in [0.15, 0.2) is 42.7 Å². The molecule has 124 valence electrons. The van der Waals surface area contributed by atoms with Crippen molar-refractivity contribution in [2.24, 2.45) is 0 Å². The molecule has 0 aliphatic heterocycles. The van der Waals surface area contributed by atoms with Gasteiger partial charge in [-0.05, 0) is 12.5 Å². The van der Waals surface area contributed by atoms with Crippen LogP contribution in [0.5, 0.6) is 0 Å². The Morgan fingerprint density at radius 2 is 1.79 bits per heavy atom. The van der Waals surface area contributed by atoms with Crippen LogP contribution in [0.4, 0.5) is 0 Å². The van der Waals surface area contributed by atoms with Crippen molar-refractivity contribution in [1.29, 1.82) is 0 Å². The first-order valence-corrected chi connectivity index (χ1v) is 7.41. The van der Waals surface area contributed by atoms with Gasteiger partial charge in [0.1, 0.15) is 12.1 Å². The molecule has 0 bridgehead atoms. The molecule has 0 radical (unpaired) electrons. The molecule has 0 unspecified atom stereocenters. The Balaban J connectivity index is 2.11. The highest BCUT2D eigenvalue weighted by Gasteiger charge is 2.23. The van der Waals surface area contributed by atoms with Crippen molar-refractivity contribution in [3.05, 3.63) is 48.5 Å². The van der Waals surface area contributed by atoms with E-state index in [9.17, 15) is 14.4 Å². The summed E-state index contributed by atoms with van der Waals surface area (Å²) in [5, 5.41) is 0. The van der Waals surface area contributed by atoms with Gasteiger partial charge < -0.3 is 14.4 Å². The molecule has 24 heavy (non-hydrogen) atoms. The molecule has 0 aliphatic rings. The van der Waals surface area contributed by atoms with Crippen LogP contribution in [-0.4, -0.2) is 46.2 Å². The number of carbonyl (C=O) groups is 3. The van der Waals surface area contributed by atoms with Gasteiger partial charge in [0, 0.05) is 18.0 Å². The van der Waals surface area contributed by atoms with Gasteiger partial charge in [0.05, 0.1) is 19.7 Å². The first-order valence-electron chi connectivity index (χ1n) is 7.41. The molecule has 1 amide bonds. The highest BCUT2D eigenvalue weighted by Crippen LogP contribution is 2.16. The van der Waals surface area contributed by atoms with Crippen molar-refractivity contribution in [3.63, 3.8) is 0 Å². The zero-order valence-corrected chi connectivity index (χ0v) is 13.2. The molecule has 1 aromatic carbocycles. The fourth-order valence-electron chi connectivity index (χ4n) is 2.02. The highest BCUT2D eigenvalue weighted by molar-refractivity contribution is 6.32. The van der Waals surface area contributed by atoms with E-state index >= 15 is 0 Å². The number of rotatable bonds is 6. The monoisotopic (exact) mass is 327 g/mol. The molecule has 0 spiro atoms. The molecular weight excluding hydrogens is 310 g/mol. The third-order valence-corrected chi connectivity index (χ3v) is 3.18. The molecule has 0 saturated carbocycles. The standard InChI is InChI=1S/C17H17N3O4/c1-2-24-17(23)16(22)20(8-9-21)12-15-18-10-14(11-19-15)13-6-4-3-5-7-13/h3-7,9-11H,2,8,12H2,1H3. The molecular formula is C17H17N3O4. The average Bonchev–Trinajstić information content (AvgIpc) is 2.62. The third-order valence-electron chi connectivity index (χ3n) is 3.18. The minimum Gasteiger partial charge on any atom is -0.459 e. The van der Waals surface area contributed by atoms with E-state index in [2.05, 4.69) is 14.7 Å². The van der Waals surface area contributed by atoms with E-state index < -0.39 is 11.9 Å². The van der Waals surface area contributed by atoms with Gasteiger partial charge in [-0.15, -0.1) is 0 Å². The number of carbonyl (C=O) groups excluding carboxylic acids is 3. The second-order valence-corrected chi connectivity index (χ2v) is 4.83. The van der Waals surface area contributed by atoms with Crippen LogP contribution in [-0.2, 0) is 25.7 Å². The summed E-state index contributed by atoms with van der Waals surface area (Å²) < 4.78 is 4.66. The largest absolute Gasteiger partial charge is 0.459 e. The Hall–Kier alpha value is -3.09. The number of nitrogens with zero attached hydrogens (tertiary/aromatic N) is 3. The first-order chi connectivity index (χ1) is 11.7. The molecule has 2 rings (SSSR count). The average molecular weight is 327 g/mol. The predicted molar refractivity (Wildman–Crippen MR) is 85.6 cm³/mol. The summed E-state index contributed by atoms with van der Waals surface area (Å²) in [6.45, 7) is 1.40. The van der Waals surface area contributed by atoms with Gasteiger partial charge >= 0.3 is 11.9 Å². The Bertz CT molecular complexity index is 702. The van der Waals surface area contributed by atoms with Crippen molar-refractivity contribution >= 4 is 18.2 Å². The number of aromatic nitrogens is 2. The van der Waals surface area contributed by atoms with Crippen LogP contribution < -0.4 is 0 Å². The molecule has 0 saturated heterocycles. The van der Waals surface area contributed by atoms with E-state index in [1.165, 1.54) is 0 Å². The lowest BCUT2D eigenvalue weighted by atomic mass is 10.1. The maximum Gasteiger partial charge on any atom is 0.397 e. The third kappa shape index (κ3) is 4.45. The minimum atomic E-state index is -1.000. The van der Waals surface area contributed by atoms with Gasteiger partial charge in [0.25, 0.3) is 0 Å². The predicted octanol–water partition coefficient (Wildman–Crippen LogP) is 1.23. The second-order valence-electron chi connectivity index (χ2n) is 4.83. The lowest BCUT2D eigenvalue weighted by molar-refractivity contribution is -0.160. The number of ether oxygens (including phenoxy) is 1. The van der Waals surface area contributed by atoms with Gasteiger partial charge in [0.15, 0.2) is 0 Å². The molecule has 0 aliphatic carbocycles. The normalized spacial score (nSPS) is 10.0. The maximum atomic E-state index is 12.0. The summed E-state index contributed by atoms with van der Waals surface area (Å²) in [5.41, 5.74) is 1.80. The number of hydrogen-bond acceptors (Lipinski definition) is 6. The van der Waals surface area contributed by atoms with E-state index in [0.29, 0.717) is 12.1 Å². The molecule has 7 nitrogen and oxygen atoms in total. The fourth-order valence-corrected chi connectivity index (χ4v) is 2.02. The summed E-state index contributed by atoms with van der Waals surface area (Å²) >= 11 is 0. The van der Waals surface area contributed by atoms with Gasteiger partial charge in [-0.1, -0.05) is 30.3 Å². The topological polar surface area (TPSA) is 89.5 Å². The number of benzene rings is 1. The highest BCUT2D eigenvalue weighted by atomic mass is 16.5. The maximum absolute atomic E-state index is 12.0. The lowest BCUT2D eigenvalue weighted by Gasteiger charge is -2.18. The van der Waals surface area contributed by atoms with Crippen LogP contribution in [0.25, 0.3) is 11.1 Å². The van der Waals surface area contributed by atoms with E-state index in [4.69, 9.17) is 0 Å². The molecule has 0 fully saturated rings. The molecule has 0 atom stereocenters. The van der Waals surface area contributed by atoms with Gasteiger partial charge in [-0.25, -0.2) is 14.8 Å². The second kappa shape index (κ2) is 8.52. The molecule has 1 aromatic heterocycles. The Labute approximate surface area is 139 Å². The lowest BCUT2D eigenvalue weighted by Crippen LogP contribution is -2.38. The summed E-state index contributed by atoms with van der Waals surface area (Å²) in [4.78, 5) is 43.6. The summed E-state index contributed by atoms with van der Waals surface area (Å²) in [6.07, 6.45) is 3.80. The molecule has 2 aromatic rings. The number of aldehydes is 1. The van der Waals surface area contributed by atoms with Gasteiger partial charge in [-0.2, -0.15) is 0 Å². The molecule has 0 N–H and O–H groups in total. The first kappa shape index (κ1) is 17.3. The van der Waals surface area contributed by atoms with Gasteiger partial charge in [0.2, 0.25) is 0 Å². The fraction of sp³-hybridized carbons (Fsp3) is 0.235. The van der Waals surface area contributed by atoms with E-state index in [1.54, 1.807) is 19.3 Å². The molecule has 7 heteroatoms. The van der Waals surface area contributed by atoms with E-state index in [1.807, 2.05) is 30.3 Å². The van der Waals surface area contributed by atoms with Gasteiger partial charge in [-0.3, -0.25) is 4.79 Å². The smallest absolute Gasteiger partial charge is 0.397 e. The van der Waals surface area contributed by atoms with Crippen molar-refractivity contribution in [2.75, 3.05) is 13.2 Å². The number of esters is 1. The summed E-state index contributed by atoms with van der Waals surface area (Å²) in [7, 11) is 0. The van der Waals surface area contributed by atoms with Crippen LogP contribution in [0.2, 0.25) is 0 Å². The van der Waals surface area contributed by atoms with Crippen LogP contribution in [0.3, 0.4) is 0 Å². The molecule has 1 heterocycles. The van der Waals surface area contributed by atoms with Crippen LogP contribution in [0.1, 0.15) is 12.7 Å². The van der Waals surface area contributed by atoms with Crippen LogP contribution in [0, 0.1) is 0 Å². The quantitative estimate of drug-likeness (QED) is 0.450. The van der Waals surface area contributed by atoms with E-state index in [0.717, 1.165) is 16.0 Å². The minimum absolute atomic E-state index is 0.0501. The Kier molecular flexibility index (Phi) is 6.13. The van der Waals surface area contributed by atoms with Crippen LogP contribution >= 0.6 is 0 Å². The van der Waals surface area contributed by atoms with E-state index in [-0.39, 0.29) is 19.7 Å². The van der Waals surface area contributed by atoms with Crippen molar-refractivity contribution in [3.8, 4) is 11.1 Å². The Morgan fingerprint density at radius 1 is 1.12 bits per heavy atom. The van der Waals surface area contributed by atoms with Crippen molar-refractivity contribution in [2.45, 2.75) is 13.5 Å². The SMILES string of the molecule is CCOC(=O)C(=O)N(CC=O)Cc1ncc(-c2ccccc2)cn1. The summed E-state index contributed by atoms with van der Waals surface area (Å²) in [5.74, 6) is -1.56. The number of amides is 1. The van der Waals surface area contributed by atoms with Crippen molar-refractivity contribution < 1.29 is 19.1 Å². The summed E-state index contributed by atoms with van der Waals surface area (Å²) in [6, 6.07) is 9.60. The zero-order valence-electron chi connectivity index (χ0n) is 13.2.